The van der Waals surface area contributed by atoms with Gasteiger partial charge in [-0.2, -0.15) is 0 Å². The number of primary amides is 1. The van der Waals surface area contributed by atoms with Gasteiger partial charge >= 0.3 is 0 Å². The maximum atomic E-state index is 12.3. The first-order valence-electron chi connectivity index (χ1n) is 7.77. The lowest BCUT2D eigenvalue weighted by Crippen LogP contribution is -2.35. The number of hydrogen-bond donors (Lipinski definition) is 3. The molecule has 1 aromatic carbocycles. The molecule has 128 valence electrons. The molecule has 0 radical (unpaired) electrons. The Bertz CT molecular complexity index is 557. The minimum Gasteiger partial charge on any atom is -0.369 e. The maximum Gasteiger partial charge on any atom is 0.227 e. The number of amides is 2. The summed E-state index contributed by atoms with van der Waals surface area (Å²) in [6, 6.07) is 7.28. The Morgan fingerprint density at radius 1 is 1.22 bits per heavy atom. The number of rotatable bonds is 5. The van der Waals surface area contributed by atoms with Crippen molar-refractivity contribution in [1.29, 1.82) is 0 Å². The summed E-state index contributed by atoms with van der Waals surface area (Å²) in [6.45, 7) is 4.13. The van der Waals surface area contributed by atoms with Crippen molar-refractivity contribution in [3.63, 3.8) is 0 Å². The molecule has 0 bridgehead atoms. The quantitative estimate of drug-likeness (QED) is 0.766. The Balaban J connectivity index is 0.00000264. The van der Waals surface area contributed by atoms with Crippen molar-refractivity contribution in [1.82, 2.24) is 0 Å². The number of carbonyl (C=O) groups is 2. The number of halogens is 1. The predicted molar refractivity (Wildman–Crippen MR) is 94.4 cm³/mol. The summed E-state index contributed by atoms with van der Waals surface area (Å²) in [4.78, 5) is 23.8. The van der Waals surface area contributed by atoms with Crippen molar-refractivity contribution in [2.24, 2.45) is 23.3 Å². The van der Waals surface area contributed by atoms with Crippen LogP contribution in [0.2, 0.25) is 0 Å². The first-order valence-corrected chi connectivity index (χ1v) is 7.77. The van der Waals surface area contributed by atoms with Gasteiger partial charge in [-0.3, -0.25) is 9.59 Å². The van der Waals surface area contributed by atoms with Gasteiger partial charge in [0.15, 0.2) is 0 Å². The molecule has 23 heavy (non-hydrogen) atoms. The van der Waals surface area contributed by atoms with E-state index in [9.17, 15) is 9.59 Å². The molecule has 0 aliphatic heterocycles. The van der Waals surface area contributed by atoms with Gasteiger partial charge in [-0.15, -0.1) is 12.4 Å². The monoisotopic (exact) mass is 339 g/mol. The Labute approximate surface area is 143 Å². The van der Waals surface area contributed by atoms with Gasteiger partial charge < -0.3 is 16.8 Å². The highest BCUT2D eigenvalue weighted by Crippen LogP contribution is 2.32. The molecule has 2 amide bonds. The highest BCUT2D eigenvalue weighted by Gasteiger charge is 2.32. The molecule has 6 heteroatoms. The van der Waals surface area contributed by atoms with Crippen LogP contribution in [-0.2, 0) is 15.0 Å². The summed E-state index contributed by atoms with van der Waals surface area (Å²) in [5.74, 6) is -0.0457. The van der Waals surface area contributed by atoms with Gasteiger partial charge in [0.05, 0.1) is 5.41 Å². The van der Waals surface area contributed by atoms with Crippen LogP contribution in [0.4, 0.5) is 5.69 Å². The van der Waals surface area contributed by atoms with E-state index in [4.69, 9.17) is 11.5 Å². The Kier molecular flexibility index (Phi) is 6.59. The summed E-state index contributed by atoms with van der Waals surface area (Å²) >= 11 is 0. The molecule has 2 rings (SSSR count). The molecule has 0 unspecified atom stereocenters. The van der Waals surface area contributed by atoms with Crippen molar-refractivity contribution < 1.29 is 9.59 Å². The molecule has 1 aromatic rings. The van der Waals surface area contributed by atoms with Gasteiger partial charge in [0, 0.05) is 11.6 Å². The molecule has 0 aromatic heterocycles. The number of anilines is 1. The minimum absolute atomic E-state index is 0. The van der Waals surface area contributed by atoms with Crippen LogP contribution in [0.1, 0.15) is 38.7 Å². The number of hydrogen-bond acceptors (Lipinski definition) is 3. The van der Waals surface area contributed by atoms with E-state index in [0.29, 0.717) is 6.54 Å². The third-order valence-corrected chi connectivity index (χ3v) is 4.79. The largest absolute Gasteiger partial charge is 0.369 e. The smallest absolute Gasteiger partial charge is 0.227 e. The predicted octanol–water partition coefficient (Wildman–Crippen LogP) is 2.18. The number of benzene rings is 1. The fraction of sp³-hybridized carbons (Fsp3) is 0.529. The van der Waals surface area contributed by atoms with E-state index in [0.717, 1.165) is 30.5 Å². The van der Waals surface area contributed by atoms with Crippen LogP contribution in [0, 0.1) is 11.8 Å². The molecule has 1 aliphatic rings. The fourth-order valence-electron chi connectivity index (χ4n) is 3.01. The zero-order chi connectivity index (χ0) is 16.3. The topological polar surface area (TPSA) is 98.2 Å². The van der Waals surface area contributed by atoms with Gasteiger partial charge in [-0.05, 0) is 56.8 Å². The average Bonchev–Trinajstić information content (AvgIpc) is 2.96. The Morgan fingerprint density at radius 3 is 2.35 bits per heavy atom. The van der Waals surface area contributed by atoms with Crippen LogP contribution in [0.5, 0.6) is 0 Å². The van der Waals surface area contributed by atoms with Crippen molar-refractivity contribution in [2.75, 3.05) is 11.9 Å². The molecule has 2 atom stereocenters. The standard InChI is InChI=1S/C17H25N3O2.ClH/c1-17(2,16(19)22)12-6-8-13(9-7-12)20-15(21)14-5-3-4-11(14)10-18;/h6-9,11,14H,3-5,10,18H2,1-2H3,(H2,19,22)(H,20,21);1H/t11-,14-;/m1./s1. The summed E-state index contributed by atoms with van der Waals surface area (Å²) in [5.41, 5.74) is 12.0. The molecule has 1 fully saturated rings. The SMILES string of the molecule is CC(C)(C(N)=O)c1ccc(NC(=O)[C@@H]2CCC[C@@H]2CN)cc1.Cl. The second-order valence-corrected chi connectivity index (χ2v) is 6.59. The summed E-state index contributed by atoms with van der Waals surface area (Å²) < 4.78 is 0. The lowest BCUT2D eigenvalue weighted by molar-refractivity contribution is -0.122. The van der Waals surface area contributed by atoms with Gasteiger partial charge in [-0.1, -0.05) is 18.6 Å². The van der Waals surface area contributed by atoms with Gasteiger partial charge in [0.1, 0.15) is 0 Å². The number of nitrogens with two attached hydrogens (primary N) is 2. The molecule has 1 aliphatic carbocycles. The highest BCUT2D eigenvalue weighted by atomic mass is 35.5. The van der Waals surface area contributed by atoms with Crippen molar-refractivity contribution in [3.8, 4) is 0 Å². The van der Waals surface area contributed by atoms with Crippen LogP contribution < -0.4 is 16.8 Å². The van der Waals surface area contributed by atoms with E-state index >= 15 is 0 Å². The summed E-state index contributed by atoms with van der Waals surface area (Å²) in [7, 11) is 0. The zero-order valence-corrected chi connectivity index (χ0v) is 14.5. The van der Waals surface area contributed by atoms with E-state index in [-0.39, 0.29) is 36.1 Å². The van der Waals surface area contributed by atoms with Crippen LogP contribution in [0.3, 0.4) is 0 Å². The highest BCUT2D eigenvalue weighted by molar-refractivity contribution is 5.93. The van der Waals surface area contributed by atoms with E-state index in [1.807, 2.05) is 24.3 Å². The molecule has 0 heterocycles. The molecular weight excluding hydrogens is 314 g/mol. The number of nitrogens with one attached hydrogen (secondary N) is 1. The molecule has 5 nitrogen and oxygen atoms in total. The van der Waals surface area contributed by atoms with Gasteiger partial charge in [0.2, 0.25) is 11.8 Å². The van der Waals surface area contributed by atoms with E-state index in [2.05, 4.69) is 5.32 Å². The third kappa shape index (κ3) is 4.24. The molecule has 0 spiro atoms. The van der Waals surface area contributed by atoms with Crippen LogP contribution in [0.15, 0.2) is 24.3 Å². The molecule has 1 saturated carbocycles. The van der Waals surface area contributed by atoms with Gasteiger partial charge in [0.25, 0.3) is 0 Å². The van der Waals surface area contributed by atoms with Crippen LogP contribution in [0.25, 0.3) is 0 Å². The molecular formula is C17H26ClN3O2. The second kappa shape index (κ2) is 7.79. The van der Waals surface area contributed by atoms with Gasteiger partial charge in [-0.25, -0.2) is 0 Å². The van der Waals surface area contributed by atoms with Crippen LogP contribution >= 0.6 is 12.4 Å². The van der Waals surface area contributed by atoms with Crippen molar-refractivity contribution in [3.05, 3.63) is 29.8 Å². The lowest BCUT2D eigenvalue weighted by atomic mass is 9.84. The average molecular weight is 340 g/mol. The molecule has 0 saturated heterocycles. The summed E-state index contributed by atoms with van der Waals surface area (Å²) in [5, 5.41) is 2.95. The van der Waals surface area contributed by atoms with Crippen molar-refractivity contribution >= 4 is 29.9 Å². The Morgan fingerprint density at radius 2 is 1.83 bits per heavy atom. The number of carbonyl (C=O) groups excluding carboxylic acids is 2. The van der Waals surface area contributed by atoms with Crippen LogP contribution in [-0.4, -0.2) is 18.4 Å². The zero-order valence-electron chi connectivity index (χ0n) is 13.7. The fourth-order valence-corrected chi connectivity index (χ4v) is 3.01. The maximum absolute atomic E-state index is 12.3. The van der Waals surface area contributed by atoms with E-state index in [1.165, 1.54) is 0 Å². The summed E-state index contributed by atoms with van der Waals surface area (Å²) in [6.07, 6.45) is 2.99. The lowest BCUT2D eigenvalue weighted by Gasteiger charge is -2.21. The normalized spacial score (nSPS) is 20.7. The third-order valence-electron chi connectivity index (χ3n) is 4.79. The van der Waals surface area contributed by atoms with E-state index < -0.39 is 5.41 Å². The van der Waals surface area contributed by atoms with E-state index in [1.54, 1.807) is 13.8 Å². The first kappa shape index (κ1) is 19.5. The minimum atomic E-state index is -0.724. The molecule has 5 N–H and O–H groups in total. The second-order valence-electron chi connectivity index (χ2n) is 6.59. The first-order chi connectivity index (χ1) is 10.4. The Hall–Kier alpha value is -1.59. The van der Waals surface area contributed by atoms with Crippen molar-refractivity contribution in [2.45, 2.75) is 38.5 Å².